The fourth-order valence-corrected chi connectivity index (χ4v) is 5.42. The first kappa shape index (κ1) is 39.3. The van der Waals surface area contributed by atoms with Gasteiger partial charge in [0.15, 0.2) is 5.11 Å². The zero-order valence-corrected chi connectivity index (χ0v) is 27.7. The molecule has 1 aliphatic heterocycles. The van der Waals surface area contributed by atoms with Gasteiger partial charge in [-0.1, -0.05) is 12.1 Å². The number of amides is 1. The Morgan fingerprint density at radius 3 is 1.60 bits per heavy atom. The SMILES string of the molecule is CC(C)NC(=S)Nc1ccc(CNC(=O)CCC(C(=O)O)N2CCN(CC(=O)O)CCN(CC(=O)O)CCN(CC(=O)O)CC2)cc1. The number of carboxylic acids is 4. The lowest BCUT2D eigenvalue weighted by Gasteiger charge is -2.35. The second-order valence-electron chi connectivity index (χ2n) is 11.7. The van der Waals surface area contributed by atoms with Crippen molar-refractivity contribution in [3.05, 3.63) is 29.8 Å². The average Bonchev–Trinajstić information content (AvgIpc) is 2.96. The molecule has 0 aliphatic carbocycles. The summed E-state index contributed by atoms with van der Waals surface area (Å²) in [5.74, 6) is -4.71. The Kier molecular flexibility index (Phi) is 17.0. The van der Waals surface area contributed by atoms with Crippen LogP contribution in [0.5, 0.6) is 0 Å². The molecular weight excluding hydrogens is 634 g/mol. The highest BCUT2D eigenvalue weighted by Crippen LogP contribution is 2.12. The molecule has 1 aromatic rings. The molecule has 0 bridgehead atoms. The number of carboxylic acid groups (broad SMARTS) is 4. The number of nitrogens with one attached hydrogen (secondary N) is 3. The van der Waals surface area contributed by atoms with E-state index in [-0.39, 0.29) is 103 Å². The largest absolute Gasteiger partial charge is 0.480 e. The van der Waals surface area contributed by atoms with Gasteiger partial charge in [-0.05, 0) is 50.2 Å². The lowest BCUT2D eigenvalue weighted by atomic mass is 10.1. The van der Waals surface area contributed by atoms with Gasteiger partial charge in [-0.3, -0.25) is 43.6 Å². The second-order valence-corrected chi connectivity index (χ2v) is 12.1. The van der Waals surface area contributed by atoms with E-state index in [9.17, 15) is 44.4 Å². The van der Waals surface area contributed by atoms with Crippen LogP contribution >= 0.6 is 12.2 Å². The van der Waals surface area contributed by atoms with Crippen molar-refractivity contribution in [2.75, 3.05) is 77.3 Å². The predicted octanol–water partition coefficient (Wildman–Crippen LogP) is -0.294. The van der Waals surface area contributed by atoms with Crippen LogP contribution in [0.25, 0.3) is 0 Å². The van der Waals surface area contributed by atoms with Crippen molar-refractivity contribution in [2.24, 2.45) is 0 Å². The molecule has 0 saturated carbocycles. The molecule has 2 rings (SSSR count). The predicted molar refractivity (Wildman–Crippen MR) is 177 cm³/mol. The van der Waals surface area contributed by atoms with Crippen molar-refractivity contribution in [1.82, 2.24) is 30.2 Å². The van der Waals surface area contributed by atoms with Crippen molar-refractivity contribution in [2.45, 2.75) is 45.3 Å². The number of thiocarbonyl (C=S) groups is 1. The van der Waals surface area contributed by atoms with E-state index < -0.39 is 29.9 Å². The molecule has 0 spiro atoms. The smallest absolute Gasteiger partial charge is 0.320 e. The highest BCUT2D eigenvalue weighted by atomic mass is 32.1. The summed E-state index contributed by atoms with van der Waals surface area (Å²) >= 11 is 5.25. The molecule has 1 aliphatic rings. The highest BCUT2D eigenvalue weighted by molar-refractivity contribution is 7.80. The zero-order valence-electron chi connectivity index (χ0n) is 26.9. The van der Waals surface area contributed by atoms with Gasteiger partial charge in [-0.2, -0.15) is 0 Å². The molecule has 16 nitrogen and oxygen atoms in total. The monoisotopic (exact) mass is 681 g/mol. The molecule has 1 heterocycles. The van der Waals surface area contributed by atoms with Gasteiger partial charge in [0, 0.05) is 77.1 Å². The molecule has 1 saturated heterocycles. The number of hydrogen-bond donors (Lipinski definition) is 7. The minimum Gasteiger partial charge on any atom is -0.480 e. The molecular formula is C30H47N7O9S. The van der Waals surface area contributed by atoms with Crippen molar-refractivity contribution in [3.63, 3.8) is 0 Å². The third kappa shape index (κ3) is 16.5. The number of rotatable bonds is 15. The molecule has 1 amide bonds. The number of carbonyl (C=O) groups excluding carboxylic acids is 1. The fraction of sp³-hybridized carbons (Fsp3) is 0.600. The van der Waals surface area contributed by atoms with Crippen LogP contribution in [-0.2, 0) is 30.5 Å². The molecule has 7 N–H and O–H groups in total. The first-order valence-electron chi connectivity index (χ1n) is 15.4. The quantitative estimate of drug-likeness (QED) is 0.118. The lowest BCUT2D eigenvalue weighted by molar-refractivity contribution is -0.145. The standard InChI is InChI=1S/C30H47N7O9S/c1-21(2)32-30(47)33-23-5-3-22(4-6-23)17-31-25(38)8-7-24(29(45)46)37-15-13-35(19-27(41)42)11-9-34(18-26(39)40)10-12-36(14-16-37)20-28(43)44/h3-6,21,24H,7-20H2,1-2H3,(H,31,38)(H,39,40)(H,41,42)(H,43,44)(H,45,46)(H2,32,33,47). The van der Waals surface area contributed by atoms with E-state index in [2.05, 4.69) is 16.0 Å². The van der Waals surface area contributed by atoms with Crippen molar-refractivity contribution < 1.29 is 44.4 Å². The summed E-state index contributed by atoms with van der Waals surface area (Å²) in [6.07, 6.45) is -0.0986. The maximum absolute atomic E-state index is 12.7. The molecule has 1 fully saturated rings. The van der Waals surface area contributed by atoms with Crippen molar-refractivity contribution in [3.8, 4) is 0 Å². The van der Waals surface area contributed by atoms with Gasteiger partial charge in [0.1, 0.15) is 6.04 Å². The highest BCUT2D eigenvalue weighted by Gasteiger charge is 2.28. The molecule has 47 heavy (non-hydrogen) atoms. The minimum atomic E-state index is -1.15. The number of benzene rings is 1. The Morgan fingerprint density at radius 1 is 0.745 bits per heavy atom. The summed E-state index contributed by atoms with van der Waals surface area (Å²) < 4.78 is 0. The van der Waals surface area contributed by atoms with E-state index in [1.165, 1.54) is 0 Å². The Bertz CT molecular complexity index is 1190. The summed E-state index contributed by atoms with van der Waals surface area (Å²) in [6.45, 7) is 4.77. The average molecular weight is 682 g/mol. The van der Waals surface area contributed by atoms with Crippen LogP contribution in [0.4, 0.5) is 5.69 Å². The summed E-state index contributed by atoms with van der Waals surface area (Å²) in [4.78, 5) is 66.1. The Balaban J connectivity index is 2.07. The van der Waals surface area contributed by atoms with Gasteiger partial charge in [-0.15, -0.1) is 0 Å². The van der Waals surface area contributed by atoms with Crippen LogP contribution in [0.15, 0.2) is 24.3 Å². The first-order valence-corrected chi connectivity index (χ1v) is 15.8. The normalized spacial score (nSPS) is 16.7. The van der Waals surface area contributed by atoms with E-state index in [0.717, 1.165) is 11.3 Å². The molecule has 262 valence electrons. The third-order valence-electron chi connectivity index (χ3n) is 7.44. The number of aliphatic carboxylic acids is 4. The van der Waals surface area contributed by atoms with Gasteiger partial charge in [0.2, 0.25) is 5.91 Å². The fourth-order valence-electron chi connectivity index (χ4n) is 5.07. The van der Waals surface area contributed by atoms with Gasteiger partial charge in [-0.25, -0.2) is 0 Å². The molecule has 0 aromatic heterocycles. The second kappa shape index (κ2) is 20.4. The van der Waals surface area contributed by atoms with Gasteiger partial charge in [0.25, 0.3) is 0 Å². The summed E-state index contributed by atoms with van der Waals surface area (Å²) in [7, 11) is 0. The maximum Gasteiger partial charge on any atom is 0.320 e. The first-order chi connectivity index (χ1) is 22.2. The molecule has 1 atom stereocenters. The van der Waals surface area contributed by atoms with E-state index >= 15 is 0 Å². The Hall–Kier alpha value is -3.90. The van der Waals surface area contributed by atoms with Gasteiger partial charge < -0.3 is 36.4 Å². The van der Waals surface area contributed by atoms with Crippen LogP contribution in [0.2, 0.25) is 0 Å². The van der Waals surface area contributed by atoms with Gasteiger partial charge >= 0.3 is 23.9 Å². The Labute approximate surface area is 279 Å². The summed E-state index contributed by atoms with van der Waals surface area (Å²) in [5.41, 5.74) is 1.62. The van der Waals surface area contributed by atoms with Crippen LogP contribution < -0.4 is 16.0 Å². The molecule has 17 heteroatoms. The zero-order chi connectivity index (χ0) is 34.9. The van der Waals surface area contributed by atoms with Gasteiger partial charge in [0.05, 0.1) is 19.6 Å². The molecule has 1 aromatic carbocycles. The summed E-state index contributed by atoms with van der Waals surface area (Å²) in [6, 6.07) is 6.44. The summed E-state index contributed by atoms with van der Waals surface area (Å²) in [5, 5.41) is 47.8. The number of anilines is 1. The van der Waals surface area contributed by atoms with Crippen molar-refractivity contribution in [1.29, 1.82) is 0 Å². The van der Waals surface area contributed by atoms with E-state index in [0.29, 0.717) is 5.11 Å². The van der Waals surface area contributed by atoms with E-state index in [1.54, 1.807) is 19.6 Å². The molecule has 1 unspecified atom stereocenters. The van der Waals surface area contributed by atoms with E-state index in [1.807, 2.05) is 38.1 Å². The lowest BCUT2D eigenvalue weighted by Crippen LogP contribution is -2.52. The van der Waals surface area contributed by atoms with Crippen LogP contribution in [0.3, 0.4) is 0 Å². The third-order valence-corrected chi connectivity index (χ3v) is 7.66. The number of carbonyl (C=O) groups is 5. The van der Waals surface area contributed by atoms with Crippen LogP contribution in [0.1, 0.15) is 32.3 Å². The van der Waals surface area contributed by atoms with E-state index in [4.69, 9.17) is 12.2 Å². The number of hydrogen-bond acceptors (Lipinski definition) is 10. The number of nitrogens with zero attached hydrogens (tertiary/aromatic N) is 4. The topological polar surface area (TPSA) is 215 Å². The van der Waals surface area contributed by atoms with Crippen molar-refractivity contribution >= 4 is 52.8 Å². The minimum absolute atomic E-state index is 0.0193. The van der Waals surface area contributed by atoms with Crippen LogP contribution in [0, 0.1) is 0 Å². The molecule has 0 radical (unpaired) electrons. The maximum atomic E-state index is 12.7. The Morgan fingerprint density at radius 2 is 1.19 bits per heavy atom. The van der Waals surface area contributed by atoms with Crippen LogP contribution in [-0.4, -0.2) is 159 Å².